The third kappa shape index (κ3) is 5.50. The smallest absolute Gasteiger partial charge is 0.338 e. The third-order valence-corrected chi connectivity index (χ3v) is 6.59. The normalized spacial score (nSPS) is 15.1. The first-order valence-corrected chi connectivity index (χ1v) is 12.6. The van der Waals surface area contributed by atoms with E-state index in [0.29, 0.717) is 34.6 Å². The molecule has 4 heteroatoms. The minimum atomic E-state index is -0.639. The Balaban J connectivity index is 1.61. The largest absolute Gasteiger partial charge is 0.465 e. The van der Waals surface area contributed by atoms with E-state index >= 15 is 0 Å². The molecule has 38 heavy (non-hydrogen) atoms. The number of Topliss-reactive ketones (excluding diaryl/α,β-unsaturated/α-hetero) is 1. The first-order chi connectivity index (χ1) is 18.6. The van der Waals surface area contributed by atoms with E-state index in [1.165, 1.54) is 0 Å². The van der Waals surface area contributed by atoms with Gasteiger partial charge in [-0.2, -0.15) is 0 Å². The minimum absolute atomic E-state index is 0.126. The van der Waals surface area contributed by atoms with Gasteiger partial charge in [0, 0.05) is 12.0 Å². The second-order valence-electron chi connectivity index (χ2n) is 9.17. The summed E-state index contributed by atoms with van der Waals surface area (Å²) >= 11 is 0. The Hall–Kier alpha value is -4.70. The van der Waals surface area contributed by atoms with Crippen LogP contribution in [-0.4, -0.2) is 11.8 Å². The van der Waals surface area contributed by atoms with Gasteiger partial charge in [0.05, 0.1) is 17.1 Å². The van der Waals surface area contributed by atoms with Crippen LogP contribution >= 0.6 is 0 Å². The van der Waals surface area contributed by atoms with Crippen LogP contribution in [0.1, 0.15) is 39.9 Å². The van der Waals surface area contributed by atoms with Crippen molar-refractivity contribution in [3.8, 4) is 0 Å². The van der Waals surface area contributed by atoms with E-state index in [1.807, 2.05) is 109 Å². The van der Waals surface area contributed by atoms with E-state index in [1.54, 1.807) is 19.1 Å². The Labute approximate surface area is 222 Å². The summed E-state index contributed by atoms with van der Waals surface area (Å²) in [5.41, 5.74) is 4.04. The Morgan fingerprint density at radius 1 is 0.684 bits per heavy atom. The highest BCUT2D eigenvalue weighted by Gasteiger charge is 2.39. The van der Waals surface area contributed by atoms with Gasteiger partial charge in [0.15, 0.2) is 5.78 Å². The summed E-state index contributed by atoms with van der Waals surface area (Å²) in [4.78, 5) is 27.8. The lowest BCUT2D eigenvalue weighted by Crippen LogP contribution is -2.28. The van der Waals surface area contributed by atoms with Gasteiger partial charge in [-0.1, -0.05) is 121 Å². The second-order valence-corrected chi connectivity index (χ2v) is 9.17. The maximum atomic E-state index is 14.1. The molecular formula is C34H28O4. The summed E-state index contributed by atoms with van der Waals surface area (Å²) < 4.78 is 12.1. The molecule has 4 aromatic rings. The number of ether oxygens (including phenoxy) is 2. The fourth-order valence-electron chi connectivity index (χ4n) is 4.76. The molecule has 1 unspecified atom stereocenters. The van der Waals surface area contributed by atoms with E-state index in [2.05, 4.69) is 0 Å². The molecule has 0 aromatic heterocycles. The first kappa shape index (κ1) is 25.0. The van der Waals surface area contributed by atoms with Gasteiger partial charge in [0.1, 0.15) is 18.1 Å². The van der Waals surface area contributed by atoms with E-state index < -0.39 is 11.9 Å². The Bertz CT molecular complexity index is 1470. The highest BCUT2D eigenvalue weighted by atomic mass is 16.5. The number of carbonyl (C=O) groups excluding carboxylic acids is 2. The zero-order chi connectivity index (χ0) is 26.3. The molecule has 4 nitrogen and oxygen atoms in total. The van der Waals surface area contributed by atoms with Gasteiger partial charge < -0.3 is 9.47 Å². The second kappa shape index (κ2) is 11.6. The molecule has 1 atom stereocenters. The van der Waals surface area contributed by atoms with Crippen LogP contribution in [0.2, 0.25) is 0 Å². The average molecular weight is 501 g/mol. The van der Waals surface area contributed by atoms with Crippen LogP contribution in [0.25, 0.3) is 0 Å². The van der Waals surface area contributed by atoms with Crippen LogP contribution in [0, 0.1) is 0 Å². The molecule has 0 radical (unpaired) electrons. The highest BCUT2D eigenvalue weighted by Crippen LogP contribution is 2.43. The molecular weight excluding hydrogens is 472 g/mol. The van der Waals surface area contributed by atoms with Crippen molar-refractivity contribution in [1.82, 2.24) is 0 Å². The van der Waals surface area contributed by atoms with Crippen molar-refractivity contribution in [2.24, 2.45) is 0 Å². The number of esters is 1. The van der Waals surface area contributed by atoms with Gasteiger partial charge in [-0.3, -0.25) is 4.79 Å². The molecule has 0 spiro atoms. The molecule has 0 saturated heterocycles. The van der Waals surface area contributed by atoms with Gasteiger partial charge in [0.25, 0.3) is 0 Å². The number of carbonyl (C=O) groups is 2. The summed E-state index contributed by atoms with van der Waals surface area (Å²) in [7, 11) is 0. The number of rotatable bonds is 8. The molecule has 1 aliphatic rings. The van der Waals surface area contributed by atoms with Crippen molar-refractivity contribution in [3.63, 3.8) is 0 Å². The van der Waals surface area contributed by atoms with E-state index in [-0.39, 0.29) is 12.4 Å². The zero-order valence-electron chi connectivity index (χ0n) is 21.2. The summed E-state index contributed by atoms with van der Waals surface area (Å²) in [6, 6.07) is 38.1. The molecule has 0 N–H and O–H groups in total. The van der Waals surface area contributed by atoms with Gasteiger partial charge in [-0.15, -0.1) is 0 Å². The van der Waals surface area contributed by atoms with E-state index in [0.717, 1.165) is 16.7 Å². The van der Waals surface area contributed by atoms with Crippen molar-refractivity contribution >= 4 is 11.8 Å². The van der Waals surface area contributed by atoms with Crippen LogP contribution in [-0.2, 0) is 27.3 Å². The Kier molecular flexibility index (Phi) is 7.60. The van der Waals surface area contributed by atoms with Gasteiger partial charge in [0.2, 0.25) is 0 Å². The third-order valence-electron chi connectivity index (χ3n) is 6.59. The molecule has 5 rings (SSSR count). The zero-order valence-corrected chi connectivity index (χ0v) is 21.2. The van der Waals surface area contributed by atoms with Crippen molar-refractivity contribution in [1.29, 1.82) is 0 Å². The SMILES string of the molecule is CC1=C(C(=O)OCc2ccccc2)C(c2ccccc2)C(C(=O)c2ccccc2)=C(Cc2ccccc2)O1. The maximum Gasteiger partial charge on any atom is 0.338 e. The Morgan fingerprint density at radius 3 is 1.82 bits per heavy atom. The van der Waals surface area contributed by atoms with Gasteiger partial charge in [-0.05, 0) is 23.6 Å². The number of benzene rings is 4. The molecule has 0 bridgehead atoms. The van der Waals surface area contributed by atoms with Crippen molar-refractivity contribution < 1.29 is 19.1 Å². The lowest BCUT2D eigenvalue weighted by Gasteiger charge is -2.31. The summed E-state index contributed by atoms with van der Waals surface area (Å²) in [6.07, 6.45) is 0.418. The van der Waals surface area contributed by atoms with Crippen LogP contribution in [0.5, 0.6) is 0 Å². The standard InChI is InChI=1S/C34H28O4/c1-24-30(34(36)37-23-26-16-8-3-9-17-26)31(27-18-10-4-11-19-27)32(33(35)28-20-12-5-13-21-28)29(38-24)22-25-14-6-2-7-15-25/h2-21,31H,22-23H2,1H3. The molecule has 1 aliphatic heterocycles. The van der Waals surface area contributed by atoms with Crippen molar-refractivity contribution in [3.05, 3.63) is 166 Å². The quantitative estimate of drug-likeness (QED) is 0.190. The predicted molar refractivity (Wildman–Crippen MR) is 147 cm³/mol. The molecule has 4 aromatic carbocycles. The van der Waals surface area contributed by atoms with Gasteiger partial charge >= 0.3 is 5.97 Å². The van der Waals surface area contributed by atoms with Crippen molar-refractivity contribution in [2.75, 3.05) is 0 Å². The van der Waals surface area contributed by atoms with E-state index in [9.17, 15) is 9.59 Å². The van der Waals surface area contributed by atoms with Crippen LogP contribution in [0.15, 0.2) is 144 Å². The molecule has 0 fully saturated rings. The maximum absolute atomic E-state index is 14.1. The van der Waals surface area contributed by atoms with Gasteiger partial charge in [-0.25, -0.2) is 4.79 Å². The number of hydrogen-bond acceptors (Lipinski definition) is 4. The van der Waals surface area contributed by atoms with Crippen molar-refractivity contribution in [2.45, 2.75) is 25.9 Å². The summed E-state index contributed by atoms with van der Waals surface area (Å²) in [6.45, 7) is 1.89. The number of allylic oxidation sites excluding steroid dienone is 3. The molecule has 0 amide bonds. The number of ketones is 1. The fraction of sp³-hybridized carbons (Fsp3) is 0.118. The first-order valence-electron chi connectivity index (χ1n) is 12.6. The number of hydrogen-bond donors (Lipinski definition) is 0. The average Bonchev–Trinajstić information content (AvgIpc) is 2.97. The highest BCUT2D eigenvalue weighted by molar-refractivity contribution is 6.12. The topological polar surface area (TPSA) is 52.6 Å². The summed E-state index contributed by atoms with van der Waals surface area (Å²) in [5.74, 6) is -0.341. The Morgan fingerprint density at radius 2 is 1.21 bits per heavy atom. The minimum Gasteiger partial charge on any atom is -0.465 e. The molecule has 0 aliphatic carbocycles. The molecule has 188 valence electrons. The van der Waals surface area contributed by atoms with Crippen LogP contribution in [0.4, 0.5) is 0 Å². The predicted octanol–water partition coefficient (Wildman–Crippen LogP) is 7.20. The molecule has 1 heterocycles. The van der Waals surface area contributed by atoms with E-state index in [4.69, 9.17) is 9.47 Å². The monoisotopic (exact) mass is 500 g/mol. The van der Waals surface area contributed by atoms with Crippen LogP contribution < -0.4 is 0 Å². The van der Waals surface area contributed by atoms with Crippen LogP contribution in [0.3, 0.4) is 0 Å². The lowest BCUT2D eigenvalue weighted by molar-refractivity contribution is -0.140. The summed E-state index contributed by atoms with van der Waals surface area (Å²) in [5, 5.41) is 0. The fourth-order valence-corrected chi connectivity index (χ4v) is 4.76. The lowest BCUT2D eigenvalue weighted by atomic mass is 9.78. The molecule has 0 saturated carbocycles.